The van der Waals surface area contributed by atoms with Crippen molar-refractivity contribution >= 4 is 0 Å². The lowest BCUT2D eigenvalue weighted by atomic mass is 10.0. The Kier molecular flexibility index (Phi) is 5.97. The quantitative estimate of drug-likeness (QED) is 0.736. The summed E-state index contributed by atoms with van der Waals surface area (Å²) in [6.07, 6.45) is -0.115. The largest absolute Gasteiger partial charge is 0.497 e. The van der Waals surface area contributed by atoms with Gasteiger partial charge in [0, 0.05) is 13.2 Å². The van der Waals surface area contributed by atoms with E-state index in [1.807, 2.05) is 31.2 Å². The monoisotopic (exact) mass is 239 g/mol. The predicted molar refractivity (Wildman–Crippen MR) is 67.2 cm³/mol. The highest BCUT2D eigenvalue weighted by atomic mass is 16.5. The lowest BCUT2D eigenvalue weighted by Gasteiger charge is -2.22. The van der Waals surface area contributed by atoms with Crippen molar-refractivity contribution in [1.82, 2.24) is 0 Å². The van der Waals surface area contributed by atoms with Crippen molar-refractivity contribution in [2.75, 3.05) is 27.4 Å². The second-order valence-corrected chi connectivity index (χ2v) is 3.92. The van der Waals surface area contributed by atoms with Crippen LogP contribution in [0.2, 0.25) is 0 Å². The van der Waals surface area contributed by atoms with Gasteiger partial charge in [0.2, 0.25) is 0 Å². The average Bonchev–Trinajstić information content (AvgIpc) is 2.34. The Morgan fingerprint density at radius 2 is 1.76 bits per heavy atom. The van der Waals surface area contributed by atoms with E-state index < -0.39 is 0 Å². The normalized spacial score (nSPS) is 14.4. The number of rotatable bonds is 7. The summed E-state index contributed by atoms with van der Waals surface area (Å²) in [5, 5.41) is 0. The average molecular weight is 239 g/mol. The van der Waals surface area contributed by atoms with E-state index in [-0.39, 0.29) is 12.1 Å². The summed E-state index contributed by atoms with van der Waals surface area (Å²) in [4.78, 5) is 0. The van der Waals surface area contributed by atoms with Gasteiger partial charge in [0.15, 0.2) is 0 Å². The number of hydrogen-bond acceptors (Lipinski definition) is 4. The number of benzene rings is 1. The van der Waals surface area contributed by atoms with Crippen LogP contribution in [0.15, 0.2) is 24.3 Å². The number of nitrogens with two attached hydrogens (primary N) is 1. The van der Waals surface area contributed by atoms with Gasteiger partial charge in [-0.1, -0.05) is 12.1 Å². The maximum atomic E-state index is 5.92. The topological polar surface area (TPSA) is 53.7 Å². The summed E-state index contributed by atoms with van der Waals surface area (Å²) in [5.74, 6) is 0.828. The van der Waals surface area contributed by atoms with Gasteiger partial charge in [-0.25, -0.2) is 0 Å². The van der Waals surface area contributed by atoms with Crippen LogP contribution in [0.3, 0.4) is 0 Å². The first-order chi connectivity index (χ1) is 8.19. The van der Waals surface area contributed by atoms with Crippen LogP contribution >= 0.6 is 0 Å². The summed E-state index contributed by atoms with van der Waals surface area (Å²) >= 11 is 0. The highest BCUT2D eigenvalue weighted by Crippen LogP contribution is 2.22. The Labute approximate surface area is 103 Å². The molecular formula is C13H21NO3. The second kappa shape index (κ2) is 7.27. The van der Waals surface area contributed by atoms with Gasteiger partial charge in [0.1, 0.15) is 5.75 Å². The Bertz CT molecular complexity index is 311. The minimum absolute atomic E-state index is 0.0692. The first-order valence-corrected chi connectivity index (χ1v) is 5.69. The Morgan fingerprint density at radius 1 is 1.12 bits per heavy atom. The molecule has 0 spiro atoms. The van der Waals surface area contributed by atoms with Crippen LogP contribution in [0.5, 0.6) is 5.75 Å². The van der Waals surface area contributed by atoms with Crippen LogP contribution in [0, 0.1) is 0 Å². The van der Waals surface area contributed by atoms with E-state index in [0.29, 0.717) is 13.2 Å². The lowest BCUT2D eigenvalue weighted by molar-refractivity contribution is 0.00616. The van der Waals surface area contributed by atoms with Crippen molar-refractivity contribution in [3.63, 3.8) is 0 Å². The van der Waals surface area contributed by atoms with Crippen molar-refractivity contribution < 1.29 is 14.2 Å². The van der Waals surface area contributed by atoms with Gasteiger partial charge in [0.05, 0.1) is 26.4 Å². The molecule has 0 aliphatic carbocycles. The Morgan fingerprint density at radius 3 is 2.24 bits per heavy atom. The molecule has 0 bridgehead atoms. The Hall–Kier alpha value is -1.10. The number of hydrogen-bond donors (Lipinski definition) is 1. The fraction of sp³-hybridized carbons (Fsp3) is 0.538. The molecule has 1 rings (SSSR count). The molecule has 0 aromatic heterocycles. The number of ether oxygens (including phenoxy) is 3. The van der Waals surface area contributed by atoms with Crippen molar-refractivity contribution in [2.45, 2.75) is 19.1 Å². The van der Waals surface area contributed by atoms with Gasteiger partial charge in [-0.3, -0.25) is 0 Å². The zero-order valence-electron chi connectivity index (χ0n) is 10.7. The van der Waals surface area contributed by atoms with Gasteiger partial charge >= 0.3 is 0 Å². The van der Waals surface area contributed by atoms with Gasteiger partial charge < -0.3 is 19.9 Å². The molecule has 96 valence electrons. The molecule has 0 radical (unpaired) electrons. The fourth-order valence-electron chi connectivity index (χ4n) is 1.60. The van der Waals surface area contributed by atoms with E-state index in [1.54, 1.807) is 14.2 Å². The van der Waals surface area contributed by atoms with Crippen molar-refractivity contribution in [2.24, 2.45) is 5.73 Å². The molecule has 0 aliphatic rings. The van der Waals surface area contributed by atoms with Crippen LogP contribution < -0.4 is 10.5 Å². The van der Waals surface area contributed by atoms with E-state index in [9.17, 15) is 0 Å². The van der Waals surface area contributed by atoms with Crippen molar-refractivity contribution in [3.8, 4) is 5.75 Å². The third-order valence-electron chi connectivity index (χ3n) is 2.51. The standard InChI is InChI=1S/C13H21NO3/c1-10(14)13(17-9-8-15-2)11-4-6-12(16-3)7-5-11/h4-7,10,13H,8-9,14H2,1-3H3. The van der Waals surface area contributed by atoms with E-state index >= 15 is 0 Å². The molecule has 2 unspecified atom stereocenters. The predicted octanol–water partition coefficient (Wildman–Crippen LogP) is 1.75. The molecule has 0 amide bonds. The zero-order chi connectivity index (χ0) is 12.7. The zero-order valence-corrected chi connectivity index (χ0v) is 10.7. The van der Waals surface area contributed by atoms with Gasteiger partial charge in [0.25, 0.3) is 0 Å². The van der Waals surface area contributed by atoms with E-state index in [2.05, 4.69) is 0 Å². The summed E-state index contributed by atoms with van der Waals surface area (Å²) in [5.41, 5.74) is 6.98. The van der Waals surface area contributed by atoms with Crippen LogP contribution in [-0.4, -0.2) is 33.5 Å². The summed E-state index contributed by atoms with van der Waals surface area (Å²) in [6.45, 7) is 3.04. The second-order valence-electron chi connectivity index (χ2n) is 3.92. The van der Waals surface area contributed by atoms with Gasteiger partial charge in [-0.05, 0) is 24.6 Å². The molecule has 1 aromatic carbocycles. The molecule has 0 aliphatic heterocycles. The van der Waals surface area contributed by atoms with Crippen LogP contribution in [-0.2, 0) is 9.47 Å². The van der Waals surface area contributed by atoms with E-state index in [1.165, 1.54) is 0 Å². The first kappa shape index (κ1) is 14.0. The summed E-state index contributed by atoms with van der Waals surface area (Å²) in [7, 11) is 3.30. The van der Waals surface area contributed by atoms with E-state index in [0.717, 1.165) is 11.3 Å². The third-order valence-corrected chi connectivity index (χ3v) is 2.51. The molecule has 17 heavy (non-hydrogen) atoms. The van der Waals surface area contributed by atoms with E-state index in [4.69, 9.17) is 19.9 Å². The third kappa shape index (κ3) is 4.34. The fourth-order valence-corrected chi connectivity index (χ4v) is 1.60. The molecule has 0 saturated heterocycles. The van der Waals surface area contributed by atoms with Gasteiger partial charge in [-0.15, -0.1) is 0 Å². The summed E-state index contributed by atoms with van der Waals surface area (Å²) in [6, 6.07) is 7.69. The maximum absolute atomic E-state index is 5.92. The van der Waals surface area contributed by atoms with Gasteiger partial charge in [-0.2, -0.15) is 0 Å². The summed E-state index contributed by atoms with van der Waals surface area (Å²) < 4.78 is 15.8. The number of methoxy groups -OCH3 is 2. The van der Waals surface area contributed by atoms with Crippen LogP contribution in [0.4, 0.5) is 0 Å². The molecule has 4 nitrogen and oxygen atoms in total. The highest BCUT2D eigenvalue weighted by molar-refractivity contribution is 5.29. The first-order valence-electron chi connectivity index (χ1n) is 5.69. The molecule has 2 N–H and O–H groups in total. The van der Waals surface area contributed by atoms with Crippen molar-refractivity contribution in [1.29, 1.82) is 0 Å². The minimum atomic E-state index is -0.115. The highest BCUT2D eigenvalue weighted by Gasteiger charge is 2.16. The lowest BCUT2D eigenvalue weighted by Crippen LogP contribution is -2.27. The molecule has 1 aromatic rings. The molecule has 0 heterocycles. The Balaban J connectivity index is 2.68. The van der Waals surface area contributed by atoms with Crippen molar-refractivity contribution in [3.05, 3.63) is 29.8 Å². The molecule has 2 atom stereocenters. The van der Waals surface area contributed by atoms with Crippen LogP contribution in [0.1, 0.15) is 18.6 Å². The minimum Gasteiger partial charge on any atom is -0.497 e. The molecule has 0 fully saturated rings. The smallest absolute Gasteiger partial charge is 0.118 e. The maximum Gasteiger partial charge on any atom is 0.118 e. The van der Waals surface area contributed by atoms with Crippen LogP contribution in [0.25, 0.3) is 0 Å². The SMILES string of the molecule is COCCOC(c1ccc(OC)cc1)C(C)N. The molecule has 4 heteroatoms. The molecular weight excluding hydrogens is 218 g/mol. The molecule has 0 saturated carbocycles.